The van der Waals surface area contributed by atoms with Crippen molar-refractivity contribution in [3.05, 3.63) is 75.8 Å². The molecule has 0 aliphatic carbocycles. The van der Waals surface area contributed by atoms with Crippen LogP contribution in [0.5, 0.6) is 0 Å². The third-order valence-electron chi connectivity index (χ3n) is 3.28. The fourth-order valence-electron chi connectivity index (χ4n) is 2.13. The van der Waals surface area contributed by atoms with Gasteiger partial charge in [0, 0.05) is 12.1 Å². The molecule has 1 atom stereocenters. The van der Waals surface area contributed by atoms with Crippen LogP contribution in [0.3, 0.4) is 0 Å². The Hall–Kier alpha value is -2.69. The van der Waals surface area contributed by atoms with Crippen LogP contribution in [-0.2, 0) is 4.74 Å². The Morgan fingerprint density at radius 3 is 2.14 bits per heavy atom. The van der Waals surface area contributed by atoms with Gasteiger partial charge in [0.1, 0.15) is 6.10 Å². The molecular weight excluding hydrogens is 282 g/mol. The molecule has 0 bridgehead atoms. The minimum atomic E-state index is -0.504. The molecule has 0 unspecified atom stereocenters. The lowest BCUT2D eigenvalue weighted by molar-refractivity contribution is -0.384. The van der Waals surface area contributed by atoms with Gasteiger partial charge in [0.05, 0.1) is 10.5 Å². The molecule has 0 heterocycles. The number of carbonyl (C=O) groups is 1. The second kappa shape index (κ2) is 6.85. The summed E-state index contributed by atoms with van der Waals surface area (Å²) in [6.45, 7) is 3.95. The van der Waals surface area contributed by atoms with E-state index in [9.17, 15) is 14.9 Å². The Morgan fingerprint density at radius 2 is 1.64 bits per heavy atom. The molecule has 0 fully saturated rings. The van der Waals surface area contributed by atoms with Crippen molar-refractivity contribution in [3.63, 3.8) is 0 Å². The van der Waals surface area contributed by atoms with E-state index in [1.165, 1.54) is 24.3 Å². The van der Waals surface area contributed by atoms with Crippen molar-refractivity contribution < 1.29 is 14.5 Å². The Balaban J connectivity index is 2.16. The molecule has 0 aliphatic rings. The summed E-state index contributed by atoms with van der Waals surface area (Å²) in [4.78, 5) is 22.3. The van der Waals surface area contributed by atoms with E-state index in [0.29, 0.717) is 5.56 Å². The molecule has 0 spiro atoms. The van der Waals surface area contributed by atoms with Crippen LogP contribution in [0.1, 0.15) is 35.9 Å². The Labute approximate surface area is 128 Å². The topological polar surface area (TPSA) is 69.4 Å². The zero-order chi connectivity index (χ0) is 16.1. The Morgan fingerprint density at radius 1 is 1.05 bits per heavy atom. The van der Waals surface area contributed by atoms with Crippen molar-refractivity contribution in [2.75, 3.05) is 0 Å². The number of nitro benzene ring substituents is 1. The van der Waals surface area contributed by atoms with Gasteiger partial charge in [0.2, 0.25) is 0 Å². The second-order valence-corrected chi connectivity index (χ2v) is 5.28. The Bertz CT molecular complexity index is 650. The predicted octanol–water partition coefficient (Wildman–Crippen LogP) is 4.15. The zero-order valence-corrected chi connectivity index (χ0v) is 12.4. The highest BCUT2D eigenvalue weighted by Gasteiger charge is 2.21. The van der Waals surface area contributed by atoms with Crippen LogP contribution in [0.25, 0.3) is 0 Å². The van der Waals surface area contributed by atoms with Crippen LogP contribution in [0.15, 0.2) is 54.6 Å². The van der Waals surface area contributed by atoms with Gasteiger partial charge in [-0.25, -0.2) is 4.79 Å². The maximum absolute atomic E-state index is 12.2. The molecule has 0 saturated carbocycles. The molecule has 2 rings (SSSR count). The molecule has 0 N–H and O–H groups in total. The van der Waals surface area contributed by atoms with Gasteiger partial charge in [-0.3, -0.25) is 10.1 Å². The van der Waals surface area contributed by atoms with Gasteiger partial charge in [-0.1, -0.05) is 44.2 Å². The van der Waals surface area contributed by atoms with Crippen LogP contribution >= 0.6 is 0 Å². The van der Waals surface area contributed by atoms with Crippen molar-refractivity contribution in [2.24, 2.45) is 5.92 Å². The van der Waals surface area contributed by atoms with Crippen LogP contribution in [-0.4, -0.2) is 10.9 Å². The number of rotatable bonds is 5. The number of benzene rings is 2. The lowest BCUT2D eigenvalue weighted by atomic mass is 9.99. The van der Waals surface area contributed by atoms with Gasteiger partial charge < -0.3 is 4.74 Å². The third kappa shape index (κ3) is 3.69. The highest BCUT2D eigenvalue weighted by Crippen LogP contribution is 2.27. The van der Waals surface area contributed by atoms with Crippen LogP contribution < -0.4 is 0 Å². The summed E-state index contributed by atoms with van der Waals surface area (Å²) < 4.78 is 5.58. The molecule has 0 amide bonds. The Kier molecular flexibility index (Phi) is 4.88. The third-order valence-corrected chi connectivity index (χ3v) is 3.28. The smallest absolute Gasteiger partial charge is 0.338 e. The monoisotopic (exact) mass is 299 g/mol. The van der Waals surface area contributed by atoms with Crippen LogP contribution in [0, 0.1) is 16.0 Å². The SMILES string of the molecule is CC(C)[C@@H](OC(=O)c1ccc([N+](=O)[O-])cc1)c1ccccc1. The van der Waals surface area contributed by atoms with Crippen molar-refractivity contribution in [2.45, 2.75) is 20.0 Å². The summed E-state index contributed by atoms with van der Waals surface area (Å²) in [5, 5.41) is 10.6. The summed E-state index contributed by atoms with van der Waals surface area (Å²) in [6, 6.07) is 14.9. The van der Waals surface area contributed by atoms with Crippen LogP contribution in [0.2, 0.25) is 0 Å². The van der Waals surface area contributed by atoms with Crippen molar-refractivity contribution in [3.8, 4) is 0 Å². The summed E-state index contributed by atoms with van der Waals surface area (Å²) in [5.74, 6) is -0.373. The van der Waals surface area contributed by atoms with Crippen molar-refractivity contribution in [1.82, 2.24) is 0 Å². The molecule has 0 radical (unpaired) electrons. The lowest BCUT2D eigenvalue weighted by Gasteiger charge is -2.21. The van der Waals surface area contributed by atoms with E-state index in [1.54, 1.807) is 0 Å². The number of esters is 1. The highest BCUT2D eigenvalue weighted by molar-refractivity contribution is 5.89. The fraction of sp³-hybridized carbons (Fsp3) is 0.235. The molecule has 2 aromatic carbocycles. The van der Waals surface area contributed by atoms with Crippen molar-refractivity contribution >= 4 is 11.7 Å². The lowest BCUT2D eigenvalue weighted by Crippen LogP contribution is -2.16. The van der Waals surface area contributed by atoms with Crippen molar-refractivity contribution in [1.29, 1.82) is 0 Å². The van der Waals surface area contributed by atoms with E-state index in [1.807, 2.05) is 44.2 Å². The van der Waals surface area contributed by atoms with Gasteiger partial charge in [-0.15, -0.1) is 0 Å². The van der Waals surface area contributed by atoms with Crippen LogP contribution in [0.4, 0.5) is 5.69 Å². The zero-order valence-electron chi connectivity index (χ0n) is 12.4. The number of nitrogens with zero attached hydrogens (tertiary/aromatic N) is 1. The highest BCUT2D eigenvalue weighted by atomic mass is 16.6. The van der Waals surface area contributed by atoms with Gasteiger partial charge in [0.15, 0.2) is 0 Å². The van der Waals surface area contributed by atoms with Gasteiger partial charge in [-0.05, 0) is 23.6 Å². The largest absolute Gasteiger partial charge is 0.454 e. The molecule has 0 aliphatic heterocycles. The van der Waals surface area contributed by atoms with E-state index in [-0.39, 0.29) is 17.7 Å². The first kappa shape index (κ1) is 15.7. The predicted molar refractivity (Wildman–Crippen MR) is 82.5 cm³/mol. The number of hydrogen-bond acceptors (Lipinski definition) is 4. The quantitative estimate of drug-likeness (QED) is 0.472. The number of non-ortho nitro benzene ring substituents is 1. The van der Waals surface area contributed by atoms with E-state index < -0.39 is 10.9 Å². The van der Waals surface area contributed by atoms with E-state index in [0.717, 1.165) is 5.56 Å². The summed E-state index contributed by atoms with van der Waals surface area (Å²) in [5.41, 5.74) is 1.17. The molecule has 0 saturated heterocycles. The average molecular weight is 299 g/mol. The number of carbonyl (C=O) groups excluding carboxylic acids is 1. The van der Waals surface area contributed by atoms with E-state index >= 15 is 0 Å². The molecule has 0 aromatic heterocycles. The van der Waals surface area contributed by atoms with E-state index in [2.05, 4.69) is 0 Å². The minimum absolute atomic E-state index is 0.0555. The molecule has 5 nitrogen and oxygen atoms in total. The van der Waals surface area contributed by atoms with Gasteiger partial charge in [0.25, 0.3) is 5.69 Å². The van der Waals surface area contributed by atoms with Gasteiger partial charge in [-0.2, -0.15) is 0 Å². The number of nitro groups is 1. The molecule has 2 aromatic rings. The molecular formula is C17H17NO4. The standard InChI is InChI=1S/C17H17NO4/c1-12(2)16(13-6-4-3-5-7-13)22-17(19)14-8-10-15(11-9-14)18(20)21/h3-12,16H,1-2H3/t16-/m1/s1. The molecule has 22 heavy (non-hydrogen) atoms. The fourth-order valence-corrected chi connectivity index (χ4v) is 2.13. The summed E-state index contributed by atoms with van der Waals surface area (Å²) in [7, 11) is 0. The maximum Gasteiger partial charge on any atom is 0.338 e. The molecule has 5 heteroatoms. The average Bonchev–Trinajstić information content (AvgIpc) is 2.53. The number of hydrogen-bond donors (Lipinski definition) is 0. The normalized spacial score (nSPS) is 12.0. The second-order valence-electron chi connectivity index (χ2n) is 5.28. The minimum Gasteiger partial charge on any atom is -0.454 e. The number of ether oxygens (including phenoxy) is 1. The first-order chi connectivity index (χ1) is 10.5. The first-order valence-corrected chi connectivity index (χ1v) is 6.99. The summed E-state index contributed by atoms with van der Waals surface area (Å²) in [6.07, 6.45) is -0.358. The maximum atomic E-state index is 12.2. The first-order valence-electron chi connectivity index (χ1n) is 6.99. The van der Waals surface area contributed by atoms with Gasteiger partial charge >= 0.3 is 5.97 Å². The summed E-state index contributed by atoms with van der Waals surface area (Å²) >= 11 is 0. The molecule has 114 valence electrons. The van der Waals surface area contributed by atoms with E-state index in [4.69, 9.17) is 4.74 Å².